The predicted molar refractivity (Wildman–Crippen MR) is 115 cm³/mol. The zero-order valence-electron chi connectivity index (χ0n) is 17.7. The Hall–Kier alpha value is -3.02. The molecule has 0 heterocycles. The molecule has 0 aliphatic carbocycles. The molecule has 0 aliphatic rings. The number of urea groups is 1. The summed E-state index contributed by atoms with van der Waals surface area (Å²) in [7, 11) is 0. The number of hydrogen-bond donors (Lipinski definition) is 3. The Morgan fingerprint density at radius 2 is 1.55 bits per heavy atom. The molecule has 0 aliphatic heterocycles. The van der Waals surface area contributed by atoms with Crippen LogP contribution in [0.15, 0.2) is 48.5 Å². The third-order valence-electron chi connectivity index (χ3n) is 4.40. The average Bonchev–Trinajstić information content (AvgIpc) is 2.69. The second kappa shape index (κ2) is 10.5. The lowest BCUT2D eigenvalue weighted by Crippen LogP contribution is -2.42. The van der Waals surface area contributed by atoms with Gasteiger partial charge in [0, 0.05) is 6.54 Å². The first-order valence-corrected chi connectivity index (χ1v) is 9.81. The van der Waals surface area contributed by atoms with Crippen LogP contribution in [0, 0.1) is 6.92 Å². The molecular formula is C23H31N3O3. The lowest BCUT2D eigenvalue weighted by Gasteiger charge is -2.19. The second-order valence-corrected chi connectivity index (χ2v) is 7.99. The summed E-state index contributed by atoms with van der Waals surface area (Å²) in [6, 6.07) is 15.5. The average molecular weight is 398 g/mol. The smallest absolute Gasteiger partial charge is 0.315 e. The first-order valence-electron chi connectivity index (χ1n) is 9.81. The minimum Gasteiger partial charge on any atom is -0.492 e. The zero-order chi connectivity index (χ0) is 21.3. The van der Waals surface area contributed by atoms with Crippen LogP contribution >= 0.6 is 0 Å². The van der Waals surface area contributed by atoms with Gasteiger partial charge in [0.2, 0.25) is 5.91 Å². The summed E-state index contributed by atoms with van der Waals surface area (Å²) < 4.78 is 5.63. The molecule has 2 rings (SSSR count). The minimum absolute atomic E-state index is 0.0833. The maximum absolute atomic E-state index is 11.8. The largest absolute Gasteiger partial charge is 0.492 e. The lowest BCUT2D eigenvalue weighted by molar-refractivity contribution is -0.120. The topological polar surface area (TPSA) is 79.5 Å². The van der Waals surface area contributed by atoms with Crippen LogP contribution in [0.2, 0.25) is 0 Å². The van der Waals surface area contributed by atoms with E-state index < -0.39 is 0 Å². The molecule has 0 saturated heterocycles. The second-order valence-electron chi connectivity index (χ2n) is 7.99. The highest BCUT2D eigenvalue weighted by Crippen LogP contribution is 2.24. The number of carbonyl (C=O) groups excluding carboxylic acids is 2. The van der Waals surface area contributed by atoms with E-state index in [2.05, 4.69) is 36.7 Å². The van der Waals surface area contributed by atoms with Crippen molar-refractivity contribution >= 4 is 11.9 Å². The fourth-order valence-electron chi connectivity index (χ4n) is 2.58. The highest BCUT2D eigenvalue weighted by atomic mass is 16.5. The van der Waals surface area contributed by atoms with E-state index in [1.54, 1.807) is 0 Å². The van der Waals surface area contributed by atoms with Gasteiger partial charge in [-0.15, -0.1) is 0 Å². The molecule has 0 bridgehead atoms. The molecule has 0 saturated carbocycles. The summed E-state index contributed by atoms with van der Waals surface area (Å²) in [4.78, 5) is 23.6. The molecule has 0 radical (unpaired) electrons. The number of nitrogens with one attached hydrogen (secondary N) is 3. The first-order chi connectivity index (χ1) is 13.7. The van der Waals surface area contributed by atoms with Gasteiger partial charge in [-0.05, 0) is 35.6 Å². The molecule has 3 amide bonds. The number of amides is 3. The first kappa shape index (κ1) is 22.3. The van der Waals surface area contributed by atoms with E-state index in [-0.39, 0.29) is 23.9 Å². The standard InChI is InChI=1S/C23H31N3O3/c1-17-5-7-18(8-6-17)15-25-22(28)26-16-21(27)24-13-14-29-20-11-9-19(10-12-20)23(2,3)4/h5-12H,13-16H2,1-4H3,(H,24,27)(H2,25,26,28). The highest BCUT2D eigenvalue weighted by Gasteiger charge is 2.13. The van der Waals surface area contributed by atoms with Crippen LogP contribution in [-0.4, -0.2) is 31.6 Å². The van der Waals surface area contributed by atoms with Gasteiger partial charge in [-0.2, -0.15) is 0 Å². The maximum atomic E-state index is 11.8. The fourth-order valence-corrected chi connectivity index (χ4v) is 2.58. The van der Waals surface area contributed by atoms with Gasteiger partial charge in [0.25, 0.3) is 0 Å². The summed E-state index contributed by atoms with van der Waals surface area (Å²) in [6.45, 7) is 9.55. The molecule has 3 N–H and O–H groups in total. The molecular weight excluding hydrogens is 366 g/mol. The van der Waals surface area contributed by atoms with E-state index in [4.69, 9.17) is 4.74 Å². The van der Waals surface area contributed by atoms with E-state index in [1.165, 1.54) is 11.1 Å². The Labute approximate surface area is 173 Å². The molecule has 6 heteroatoms. The van der Waals surface area contributed by atoms with Crippen molar-refractivity contribution in [1.29, 1.82) is 0 Å². The van der Waals surface area contributed by atoms with Gasteiger partial charge in [0.05, 0.1) is 13.1 Å². The number of ether oxygens (including phenoxy) is 1. The monoisotopic (exact) mass is 397 g/mol. The van der Waals surface area contributed by atoms with Crippen LogP contribution in [0.3, 0.4) is 0 Å². The van der Waals surface area contributed by atoms with Gasteiger partial charge >= 0.3 is 6.03 Å². The third-order valence-corrected chi connectivity index (χ3v) is 4.40. The molecule has 156 valence electrons. The molecule has 2 aromatic rings. The van der Waals surface area contributed by atoms with Crippen LogP contribution in [0.4, 0.5) is 4.79 Å². The van der Waals surface area contributed by atoms with Crippen molar-refractivity contribution in [1.82, 2.24) is 16.0 Å². The number of aryl methyl sites for hydroxylation is 1. The van der Waals surface area contributed by atoms with E-state index in [9.17, 15) is 9.59 Å². The molecule has 0 aromatic heterocycles. The van der Waals surface area contributed by atoms with Crippen molar-refractivity contribution in [2.45, 2.75) is 39.7 Å². The van der Waals surface area contributed by atoms with Gasteiger partial charge in [0.1, 0.15) is 12.4 Å². The van der Waals surface area contributed by atoms with Gasteiger partial charge < -0.3 is 20.7 Å². The van der Waals surface area contributed by atoms with Crippen molar-refractivity contribution in [3.05, 3.63) is 65.2 Å². The molecule has 0 spiro atoms. The predicted octanol–water partition coefficient (Wildman–Crippen LogP) is 3.29. The lowest BCUT2D eigenvalue weighted by atomic mass is 9.87. The van der Waals surface area contributed by atoms with Crippen molar-refractivity contribution in [3.8, 4) is 5.75 Å². The van der Waals surface area contributed by atoms with E-state index >= 15 is 0 Å². The van der Waals surface area contributed by atoms with Crippen LogP contribution < -0.4 is 20.7 Å². The highest BCUT2D eigenvalue weighted by molar-refractivity contribution is 5.83. The normalized spacial score (nSPS) is 10.9. The number of rotatable bonds is 8. The van der Waals surface area contributed by atoms with E-state index in [0.717, 1.165) is 11.3 Å². The summed E-state index contributed by atoms with van der Waals surface area (Å²) in [5.74, 6) is 0.503. The number of carbonyl (C=O) groups is 2. The maximum Gasteiger partial charge on any atom is 0.315 e. The Bertz CT molecular complexity index is 794. The van der Waals surface area contributed by atoms with E-state index in [1.807, 2.05) is 55.5 Å². The van der Waals surface area contributed by atoms with Gasteiger partial charge in [-0.1, -0.05) is 62.7 Å². The molecule has 6 nitrogen and oxygen atoms in total. The zero-order valence-corrected chi connectivity index (χ0v) is 17.7. The van der Waals surface area contributed by atoms with Gasteiger partial charge in [-0.3, -0.25) is 4.79 Å². The Balaban J connectivity index is 1.58. The fraction of sp³-hybridized carbons (Fsp3) is 0.391. The Morgan fingerprint density at radius 1 is 0.897 bits per heavy atom. The Morgan fingerprint density at radius 3 is 2.17 bits per heavy atom. The molecule has 0 unspecified atom stereocenters. The van der Waals surface area contributed by atoms with Gasteiger partial charge in [-0.25, -0.2) is 4.79 Å². The van der Waals surface area contributed by atoms with E-state index in [0.29, 0.717) is 19.7 Å². The Kier molecular flexibility index (Phi) is 8.07. The van der Waals surface area contributed by atoms with Crippen LogP contribution in [0.25, 0.3) is 0 Å². The number of hydrogen-bond acceptors (Lipinski definition) is 3. The summed E-state index contributed by atoms with van der Waals surface area (Å²) in [6.07, 6.45) is 0. The van der Waals surface area contributed by atoms with Crippen molar-refractivity contribution in [2.24, 2.45) is 0 Å². The summed E-state index contributed by atoms with van der Waals surface area (Å²) in [5.41, 5.74) is 3.51. The molecule has 29 heavy (non-hydrogen) atoms. The molecule has 2 aromatic carbocycles. The van der Waals surface area contributed by atoms with Crippen molar-refractivity contribution in [3.63, 3.8) is 0 Å². The number of benzene rings is 2. The quantitative estimate of drug-likeness (QED) is 0.598. The molecule has 0 atom stereocenters. The summed E-state index contributed by atoms with van der Waals surface area (Å²) in [5, 5.41) is 7.98. The minimum atomic E-state index is -0.379. The summed E-state index contributed by atoms with van der Waals surface area (Å²) >= 11 is 0. The van der Waals surface area contributed by atoms with Crippen molar-refractivity contribution < 1.29 is 14.3 Å². The SMILES string of the molecule is Cc1ccc(CNC(=O)NCC(=O)NCCOc2ccc(C(C)(C)C)cc2)cc1. The van der Waals surface area contributed by atoms with Crippen molar-refractivity contribution in [2.75, 3.05) is 19.7 Å². The van der Waals surface area contributed by atoms with Crippen LogP contribution in [-0.2, 0) is 16.8 Å². The molecule has 0 fully saturated rings. The van der Waals surface area contributed by atoms with Gasteiger partial charge in [0.15, 0.2) is 0 Å². The third kappa shape index (κ3) is 8.25. The van der Waals surface area contributed by atoms with Crippen LogP contribution in [0.1, 0.15) is 37.5 Å². The van der Waals surface area contributed by atoms with Crippen LogP contribution in [0.5, 0.6) is 5.75 Å².